The van der Waals surface area contributed by atoms with Crippen molar-refractivity contribution in [3.63, 3.8) is 0 Å². The molecule has 13 heteroatoms. The molecule has 0 saturated carbocycles. The molecule has 2 atom stereocenters. The minimum Gasteiger partial charge on any atom is -0.491 e. The van der Waals surface area contributed by atoms with Crippen molar-refractivity contribution in [3.05, 3.63) is 12.3 Å². The summed E-state index contributed by atoms with van der Waals surface area (Å²) in [7, 11) is 0. The summed E-state index contributed by atoms with van der Waals surface area (Å²) in [5, 5.41) is 2.97. The number of amides is 2. The number of aromatic nitrogens is 2. The molecular weight excluding hydrogens is 432 g/mol. The Balaban J connectivity index is 1.61. The number of hydrogen-bond donors (Lipinski definition) is 2. The first-order chi connectivity index (χ1) is 15.3. The van der Waals surface area contributed by atoms with E-state index in [0.29, 0.717) is 40.9 Å². The van der Waals surface area contributed by atoms with Crippen molar-refractivity contribution >= 4 is 23.5 Å². The third kappa shape index (κ3) is 3.11. The number of alkyl halides is 2. The van der Waals surface area contributed by atoms with Gasteiger partial charge in [0, 0.05) is 12.3 Å². The largest absolute Gasteiger partial charge is 0.491 e. The zero-order chi connectivity index (χ0) is 22.6. The molecule has 11 nitrogen and oxygen atoms in total. The standard InChI is InChI=1S/C19H19F2N5O6/c1-8(17(22)27)23-9-4-11-13(15-14(9)31-7-32-15)18-24-12(5-25(18)2-3-29-11)26-10(16(20)21)6-30-19(26)28/h4-5,8,10,16,23H,2-3,6-7H2,1H3,(H2,22,27)/t8-,10-/m0/s1. The maximum Gasteiger partial charge on any atom is 0.416 e. The Morgan fingerprint density at radius 2 is 2.06 bits per heavy atom. The summed E-state index contributed by atoms with van der Waals surface area (Å²) in [6.45, 7) is 1.69. The maximum atomic E-state index is 13.4. The van der Waals surface area contributed by atoms with Crippen molar-refractivity contribution in [2.45, 2.75) is 32.0 Å². The number of fused-ring (bicyclic) bond motifs is 5. The first-order valence-corrected chi connectivity index (χ1v) is 9.82. The van der Waals surface area contributed by atoms with Crippen LogP contribution in [-0.2, 0) is 16.1 Å². The van der Waals surface area contributed by atoms with Crippen molar-refractivity contribution in [1.82, 2.24) is 9.55 Å². The van der Waals surface area contributed by atoms with E-state index in [4.69, 9.17) is 24.7 Å². The summed E-state index contributed by atoms with van der Waals surface area (Å²) in [6, 6.07) is -0.476. The van der Waals surface area contributed by atoms with Crippen LogP contribution in [0.2, 0.25) is 0 Å². The number of carbonyl (C=O) groups is 2. The Labute approximate surface area is 180 Å². The minimum absolute atomic E-state index is 0.0397. The summed E-state index contributed by atoms with van der Waals surface area (Å²) < 4.78 is 50.5. The van der Waals surface area contributed by atoms with Crippen molar-refractivity contribution in [2.24, 2.45) is 5.73 Å². The summed E-state index contributed by atoms with van der Waals surface area (Å²) in [6.07, 6.45) is -2.18. The normalized spacial score (nSPS) is 19.7. The number of benzene rings is 1. The molecule has 3 aliphatic heterocycles. The van der Waals surface area contributed by atoms with E-state index in [2.05, 4.69) is 10.3 Å². The van der Waals surface area contributed by atoms with Gasteiger partial charge in [0.05, 0.1) is 12.2 Å². The smallest absolute Gasteiger partial charge is 0.416 e. The van der Waals surface area contributed by atoms with E-state index in [-0.39, 0.29) is 19.2 Å². The van der Waals surface area contributed by atoms with Crippen molar-refractivity contribution in [2.75, 3.05) is 30.2 Å². The van der Waals surface area contributed by atoms with Crippen LogP contribution in [0.15, 0.2) is 12.3 Å². The molecule has 0 radical (unpaired) electrons. The number of anilines is 2. The zero-order valence-electron chi connectivity index (χ0n) is 16.8. The molecule has 1 aromatic carbocycles. The number of cyclic esters (lactones) is 1. The van der Waals surface area contributed by atoms with Gasteiger partial charge in [-0.2, -0.15) is 0 Å². The lowest BCUT2D eigenvalue weighted by Gasteiger charge is -2.18. The molecule has 170 valence electrons. The van der Waals surface area contributed by atoms with Crippen molar-refractivity contribution in [3.8, 4) is 28.6 Å². The Morgan fingerprint density at radius 1 is 1.28 bits per heavy atom. The van der Waals surface area contributed by atoms with E-state index in [9.17, 15) is 18.4 Å². The number of nitrogens with two attached hydrogens (primary N) is 1. The fourth-order valence-corrected chi connectivity index (χ4v) is 3.81. The zero-order valence-corrected chi connectivity index (χ0v) is 16.8. The van der Waals surface area contributed by atoms with Gasteiger partial charge in [-0.25, -0.2) is 23.5 Å². The molecule has 3 aliphatic rings. The van der Waals surface area contributed by atoms with Gasteiger partial charge in [-0.15, -0.1) is 0 Å². The van der Waals surface area contributed by atoms with Crippen LogP contribution in [0.5, 0.6) is 17.2 Å². The minimum atomic E-state index is -2.79. The van der Waals surface area contributed by atoms with Crippen LogP contribution >= 0.6 is 0 Å². The Hall–Kier alpha value is -3.77. The Morgan fingerprint density at radius 3 is 2.81 bits per heavy atom. The van der Waals surface area contributed by atoms with E-state index < -0.39 is 37.1 Å². The molecule has 4 heterocycles. The van der Waals surface area contributed by atoms with Gasteiger partial charge in [0.15, 0.2) is 17.3 Å². The molecule has 0 spiro atoms. The molecule has 0 aliphatic carbocycles. The quantitative estimate of drug-likeness (QED) is 0.700. The molecule has 1 aromatic heterocycles. The molecule has 3 N–H and O–H groups in total. The number of primary amides is 1. The van der Waals surface area contributed by atoms with Crippen LogP contribution in [0, 0.1) is 0 Å². The highest BCUT2D eigenvalue weighted by atomic mass is 19.3. The molecule has 0 unspecified atom stereocenters. The maximum absolute atomic E-state index is 13.4. The van der Waals surface area contributed by atoms with E-state index in [0.717, 1.165) is 4.90 Å². The van der Waals surface area contributed by atoms with Gasteiger partial charge in [0.1, 0.15) is 42.4 Å². The van der Waals surface area contributed by atoms with Crippen LogP contribution in [0.25, 0.3) is 11.4 Å². The van der Waals surface area contributed by atoms with E-state index in [1.54, 1.807) is 17.6 Å². The number of nitrogens with zero attached hydrogens (tertiary/aromatic N) is 3. The van der Waals surface area contributed by atoms with E-state index in [1.165, 1.54) is 6.20 Å². The number of hydrogen-bond acceptors (Lipinski definition) is 8. The lowest BCUT2D eigenvalue weighted by molar-refractivity contribution is -0.118. The second-order valence-electron chi connectivity index (χ2n) is 7.44. The predicted octanol–water partition coefficient (Wildman–Crippen LogP) is 1.55. The Bertz CT molecular complexity index is 1110. The second-order valence-corrected chi connectivity index (χ2v) is 7.44. The van der Waals surface area contributed by atoms with Crippen LogP contribution in [-0.4, -0.2) is 60.1 Å². The third-order valence-electron chi connectivity index (χ3n) is 5.43. The fraction of sp³-hybridized carbons (Fsp3) is 0.421. The van der Waals surface area contributed by atoms with Gasteiger partial charge in [-0.05, 0) is 6.92 Å². The summed E-state index contributed by atoms with van der Waals surface area (Å²) >= 11 is 0. The van der Waals surface area contributed by atoms with Gasteiger partial charge >= 0.3 is 6.09 Å². The molecule has 2 amide bonds. The molecule has 32 heavy (non-hydrogen) atoms. The number of carbonyl (C=O) groups excluding carboxylic acids is 2. The second kappa shape index (κ2) is 7.43. The third-order valence-corrected chi connectivity index (χ3v) is 5.43. The molecule has 2 aromatic rings. The highest BCUT2D eigenvalue weighted by Gasteiger charge is 2.42. The lowest BCUT2D eigenvalue weighted by atomic mass is 10.1. The van der Waals surface area contributed by atoms with Crippen LogP contribution in [0.3, 0.4) is 0 Å². The number of nitrogens with one attached hydrogen (secondary N) is 1. The van der Waals surface area contributed by atoms with Crippen molar-refractivity contribution < 1.29 is 37.3 Å². The van der Waals surface area contributed by atoms with Gasteiger partial charge in [-0.1, -0.05) is 0 Å². The van der Waals surface area contributed by atoms with E-state index in [1.807, 2.05) is 0 Å². The molecule has 1 fully saturated rings. The highest BCUT2D eigenvalue weighted by Crippen LogP contribution is 2.52. The number of imidazole rings is 1. The molecule has 1 saturated heterocycles. The molecule has 5 rings (SSSR count). The monoisotopic (exact) mass is 451 g/mol. The van der Waals surface area contributed by atoms with Crippen LogP contribution in [0.4, 0.5) is 25.1 Å². The lowest BCUT2D eigenvalue weighted by Crippen LogP contribution is -2.38. The van der Waals surface area contributed by atoms with Crippen LogP contribution in [0.1, 0.15) is 6.92 Å². The topological polar surface area (TPSA) is 130 Å². The predicted molar refractivity (Wildman–Crippen MR) is 105 cm³/mol. The number of rotatable bonds is 5. The van der Waals surface area contributed by atoms with Gasteiger partial charge < -0.3 is 34.6 Å². The summed E-state index contributed by atoms with van der Waals surface area (Å²) in [5.41, 5.74) is 6.24. The fourth-order valence-electron chi connectivity index (χ4n) is 3.81. The van der Waals surface area contributed by atoms with Crippen molar-refractivity contribution in [1.29, 1.82) is 0 Å². The van der Waals surface area contributed by atoms with Gasteiger partial charge in [-0.3, -0.25) is 4.79 Å². The van der Waals surface area contributed by atoms with Gasteiger partial charge in [0.25, 0.3) is 6.43 Å². The summed E-state index contributed by atoms with van der Waals surface area (Å²) in [5.74, 6) is 0.883. The Kier molecular flexibility index (Phi) is 4.68. The van der Waals surface area contributed by atoms with Gasteiger partial charge in [0.2, 0.25) is 12.7 Å². The summed E-state index contributed by atoms with van der Waals surface area (Å²) in [4.78, 5) is 28.9. The average molecular weight is 451 g/mol. The molecule has 0 bridgehead atoms. The molecular formula is C19H19F2N5O6. The SMILES string of the molecule is C[C@H](Nc1cc2c(c3c1OCO3)-c1nc(N3C(=O)OC[C@H]3C(F)F)cn1CCO2)C(N)=O. The van der Waals surface area contributed by atoms with Crippen LogP contribution < -0.4 is 30.2 Å². The number of halogens is 2. The first-order valence-electron chi connectivity index (χ1n) is 9.82. The highest BCUT2D eigenvalue weighted by molar-refractivity contribution is 5.91. The van der Waals surface area contributed by atoms with E-state index >= 15 is 0 Å². The first kappa shape index (κ1) is 20.2. The number of ether oxygens (including phenoxy) is 4. The average Bonchev–Trinajstić information content (AvgIpc) is 3.45.